The van der Waals surface area contributed by atoms with E-state index in [1.54, 1.807) is 36.5 Å². The molecule has 0 unspecified atom stereocenters. The largest absolute Gasteiger partial charge is 0.356 e. The number of sulfonamides is 1. The van der Waals surface area contributed by atoms with Crippen molar-refractivity contribution in [2.45, 2.75) is 42.9 Å². The fraction of sp³-hybridized carbons (Fsp3) is 0.348. The van der Waals surface area contributed by atoms with Crippen LogP contribution in [0.25, 0.3) is 10.9 Å². The predicted molar refractivity (Wildman–Crippen MR) is 123 cm³/mol. The molecular weight excluding hydrogens is 448 g/mol. The first-order valence-corrected chi connectivity index (χ1v) is 12.5. The molecule has 0 bridgehead atoms. The summed E-state index contributed by atoms with van der Waals surface area (Å²) in [7, 11) is -4.10. The van der Waals surface area contributed by atoms with Crippen LogP contribution in [0.15, 0.2) is 47.5 Å². The van der Waals surface area contributed by atoms with Crippen molar-refractivity contribution in [2.24, 2.45) is 0 Å². The van der Waals surface area contributed by atoms with Crippen LogP contribution in [0.3, 0.4) is 0 Å². The summed E-state index contributed by atoms with van der Waals surface area (Å²) in [6.45, 7) is 3.57. The molecule has 1 aliphatic heterocycles. The number of anilines is 1. The Bertz CT molecular complexity index is 1330. The molecule has 1 saturated carbocycles. The molecule has 0 spiro atoms. The second kappa shape index (κ2) is 7.71. The van der Waals surface area contributed by atoms with Crippen LogP contribution in [0, 0.1) is 6.92 Å². The van der Waals surface area contributed by atoms with Gasteiger partial charge in [-0.25, -0.2) is 18.1 Å². The Morgan fingerprint density at radius 1 is 1.16 bits per heavy atom. The third-order valence-corrected chi connectivity index (χ3v) is 7.88. The number of carbonyl (C=O) groups is 1. The number of hydrogen-bond acceptors (Lipinski definition) is 6. The fourth-order valence-electron chi connectivity index (χ4n) is 4.45. The van der Waals surface area contributed by atoms with Crippen molar-refractivity contribution in [3.63, 3.8) is 0 Å². The number of amides is 1. The number of nitrogens with zero attached hydrogens (tertiary/aromatic N) is 3. The first kappa shape index (κ1) is 21.2. The molecule has 1 amide bonds. The summed E-state index contributed by atoms with van der Waals surface area (Å²) in [6, 6.07) is 10.1. The number of pyridine rings is 2. The lowest BCUT2D eigenvalue weighted by Gasteiger charge is -2.24. The summed E-state index contributed by atoms with van der Waals surface area (Å²) in [4.78, 5) is 24.5. The van der Waals surface area contributed by atoms with E-state index in [9.17, 15) is 13.2 Å². The molecule has 9 heteroatoms. The Labute approximate surface area is 191 Å². The maximum absolute atomic E-state index is 13.4. The number of rotatable bonds is 5. The summed E-state index contributed by atoms with van der Waals surface area (Å²) in [6.07, 6.45) is 4.80. The highest BCUT2D eigenvalue weighted by atomic mass is 35.5. The van der Waals surface area contributed by atoms with E-state index in [4.69, 9.17) is 11.6 Å². The summed E-state index contributed by atoms with van der Waals surface area (Å²) in [5.41, 5.74) is 1.12. The van der Waals surface area contributed by atoms with Crippen molar-refractivity contribution in [2.75, 3.05) is 18.0 Å². The van der Waals surface area contributed by atoms with E-state index in [0.717, 1.165) is 37.4 Å². The molecule has 1 saturated heterocycles. The summed E-state index contributed by atoms with van der Waals surface area (Å²) in [5.74, 6) is 0.181. The smallest absolute Gasteiger partial charge is 0.264 e. The molecule has 32 heavy (non-hydrogen) atoms. The van der Waals surface area contributed by atoms with Gasteiger partial charge in [-0.2, -0.15) is 0 Å². The van der Waals surface area contributed by atoms with Gasteiger partial charge in [0.1, 0.15) is 5.82 Å². The number of aromatic nitrogens is 2. The fourth-order valence-corrected chi connectivity index (χ4v) is 5.87. The van der Waals surface area contributed by atoms with E-state index in [0.29, 0.717) is 34.3 Å². The zero-order chi connectivity index (χ0) is 22.5. The van der Waals surface area contributed by atoms with Crippen molar-refractivity contribution in [1.29, 1.82) is 0 Å². The number of carbonyl (C=O) groups excluding carboxylic acids is 1. The Kier molecular flexibility index (Phi) is 5.09. The standard InChI is InChI=1S/C23H23ClN4O3S/c1-15-7-8-17-19(26-15)5-4-6-20(17)32(30,31)27-22(29)23(9-10-23)18-13-16(24)14-25-21(18)28-11-2-3-12-28/h4-8,13-14H,2-3,9-12H2,1H3,(H,27,29). The topological polar surface area (TPSA) is 92.3 Å². The van der Waals surface area contributed by atoms with Gasteiger partial charge in [-0.1, -0.05) is 17.7 Å². The second-order valence-corrected chi connectivity index (χ2v) is 10.6. The van der Waals surface area contributed by atoms with Gasteiger partial charge in [0.25, 0.3) is 10.0 Å². The SMILES string of the molecule is Cc1ccc2c(S(=O)(=O)NC(=O)C3(c4cc(Cl)cnc4N4CCCC4)CC3)cccc2n1. The highest BCUT2D eigenvalue weighted by Gasteiger charge is 2.54. The maximum atomic E-state index is 13.4. The van der Waals surface area contributed by atoms with E-state index in [1.165, 1.54) is 6.07 Å². The van der Waals surface area contributed by atoms with Gasteiger partial charge >= 0.3 is 0 Å². The maximum Gasteiger partial charge on any atom is 0.264 e. The lowest BCUT2D eigenvalue weighted by atomic mass is 9.95. The molecular formula is C23H23ClN4O3S. The quantitative estimate of drug-likeness (QED) is 0.610. The molecule has 166 valence electrons. The molecule has 5 rings (SSSR count). The van der Waals surface area contributed by atoms with Crippen LogP contribution in [0.1, 0.15) is 36.9 Å². The monoisotopic (exact) mass is 470 g/mol. The van der Waals surface area contributed by atoms with Gasteiger partial charge in [0.05, 0.1) is 20.8 Å². The van der Waals surface area contributed by atoms with Crippen LogP contribution in [0.5, 0.6) is 0 Å². The molecule has 0 radical (unpaired) electrons. The van der Waals surface area contributed by atoms with E-state index in [1.807, 2.05) is 6.92 Å². The normalized spacial score (nSPS) is 17.5. The molecule has 1 N–H and O–H groups in total. The predicted octanol–water partition coefficient (Wildman–Crippen LogP) is 3.73. The summed E-state index contributed by atoms with van der Waals surface area (Å²) < 4.78 is 28.8. The minimum Gasteiger partial charge on any atom is -0.356 e. The van der Waals surface area contributed by atoms with Crippen LogP contribution in [0.2, 0.25) is 5.02 Å². The van der Waals surface area contributed by atoms with Crippen LogP contribution in [0.4, 0.5) is 5.82 Å². The summed E-state index contributed by atoms with van der Waals surface area (Å²) in [5, 5.41) is 0.908. The van der Waals surface area contributed by atoms with Gasteiger partial charge in [0.15, 0.2) is 0 Å². The molecule has 2 fully saturated rings. The second-order valence-electron chi connectivity index (χ2n) is 8.51. The lowest BCUT2D eigenvalue weighted by Crippen LogP contribution is -2.39. The first-order valence-electron chi connectivity index (χ1n) is 10.6. The number of fused-ring (bicyclic) bond motifs is 1. The van der Waals surface area contributed by atoms with E-state index < -0.39 is 21.3 Å². The zero-order valence-electron chi connectivity index (χ0n) is 17.6. The van der Waals surface area contributed by atoms with Crippen molar-refractivity contribution in [3.8, 4) is 0 Å². The Balaban J connectivity index is 1.50. The summed E-state index contributed by atoms with van der Waals surface area (Å²) >= 11 is 6.23. The number of nitrogens with one attached hydrogen (secondary N) is 1. The van der Waals surface area contributed by atoms with Crippen LogP contribution >= 0.6 is 11.6 Å². The highest BCUT2D eigenvalue weighted by Crippen LogP contribution is 2.52. The Morgan fingerprint density at radius 3 is 2.62 bits per heavy atom. The van der Waals surface area contributed by atoms with E-state index >= 15 is 0 Å². The number of hydrogen-bond donors (Lipinski definition) is 1. The van der Waals surface area contributed by atoms with Crippen LogP contribution in [-0.4, -0.2) is 37.4 Å². The van der Waals surface area contributed by atoms with Gasteiger partial charge in [-0.05, 0) is 62.9 Å². The number of benzene rings is 1. The minimum atomic E-state index is -4.10. The average molecular weight is 471 g/mol. The molecule has 1 aliphatic carbocycles. The van der Waals surface area contributed by atoms with Gasteiger partial charge in [0.2, 0.25) is 5.91 Å². The Hall–Kier alpha value is -2.71. The first-order chi connectivity index (χ1) is 15.3. The molecule has 2 aliphatic rings. The van der Waals surface area contributed by atoms with Gasteiger partial charge in [0, 0.05) is 35.9 Å². The van der Waals surface area contributed by atoms with Crippen molar-refractivity contribution in [1.82, 2.24) is 14.7 Å². The van der Waals surface area contributed by atoms with Crippen molar-refractivity contribution < 1.29 is 13.2 Å². The zero-order valence-corrected chi connectivity index (χ0v) is 19.2. The molecule has 3 heterocycles. The molecule has 7 nitrogen and oxygen atoms in total. The number of aryl methyl sites for hydroxylation is 1. The molecule has 0 atom stereocenters. The van der Waals surface area contributed by atoms with Gasteiger partial charge in [-0.15, -0.1) is 0 Å². The Morgan fingerprint density at radius 2 is 1.91 bits per heavy atom. The molecule has 1 aromatic carbocycles. The van der Waals surface area contributed by atoms with Crippen LogP contribution in [-0.2, 0) is 20.2 Å². The van der Waals surface area contributed by atoms with Gasteiger partial charge in [-0.3, -0.25) is 9.78 Å². The highest BCUT2D eigenvalue weighted by molar-refractivity contribution is 7.90. The average Bonchev–Trinajstić information content (AvgIpc) is 3.40. The molecule has 2 aromatic heterocycles. The van der Waals surface area contributed by atoms with Gasteiger partial charge < -0.3 is 4.90 Å². The minimum absolute atomic E-state index is 0.0376. The number of halogens is 1. The van der Waals surface area contributed by atoms with E-state index in [2.05, 4.69) is 19.6 Å². The van der Waals surface area contributed by atoms with Crippen LogP contribution < -0.4 is 9.62 Å². The lowest BCUT2D eigenvalue weighted by molar-refractivity contribution is -0.121. The van der Waals surface area contributed by atoms with Crippen molar-refractivity contribution >= 4 is 44.3 Å². The third-order valence-electron chi connectivity index (χ3n) is 6.29. The third kappa shape index (κ3) is 3.61. The molecule has 3 aromatic rings. The van der Waals surface area contributed by atoms with E-state index in [-0.39, 0.29) is 4.90 Å². The van der Waals surface area contributed by atoms with Crippen molar-refractivity contribution in [3.05, 3.63) is 58.9 Å².